The van der Waals surface area contributed by atoms with Gasteiger partial charge in [-0.2, -0.15) is 0 Å². The molecule has 0 atom stereocenters. The molecule has 0 radical (unpaired) electrons. The van der Waals surface area contributed by atoms with Gasteiger partial charge in [-0.05, 0) is 29.5 Å². The van der Waals surface area contributed by atoms with Crippen molar-refractivity contribution in [3.05, 3.63) is 41.3 Å². The molecule has 0 bridgehead atoms. The maximum absolute atomic E-state index is 10.7. The van der Waals surface area contributed by atoms with Gasteiger partial charge in [-0.3, -0.25) is 4.79 Å². The van der Waals surface area contributed by atoms with Gasteiger partial charge < -0.3 is 9.52 Å². The molecule has 2 aromatic rings. The van der Waals surface area contributed by atoms with Crippen molar-refractivity contribution in [1.82, 2.24) is 4.98 Å². The monoisotopic (exact) mass is 273 g/mol. The second kappa shape index (κ2) is 5.12. The third-order valence-corrected chi connectivity index (χ3v) is 3.21. The second-order valence-electron chi connectivity index (χ2n) is 5.99. The summed E-state index contributed by atoms with van der Waals surface area (Å²) in [4.78, 5) is 14.9. The molecule has 0 saturated heterocycles. The van der Waals surface area contributed by atoms with Gasteiger partial charge in [0.1, 0.15) is 6.26 Å². The van der Waals surface area contributed by atoms with Crippen molar-refractivity contribution in [3.63, 3.8) is 0 Å². The predicted octanol–water partition coefficient (Wildman–Crippen LogP) is 3.57. The van der Waals surface area contributed by atoms with Crippen molar-refractivity contribution < 1.29 is 14.3 Å². The molecule has 0 fully saturated rings. The Morgan fingerprint density at radius 3 is 2.60 bits per heavy atom. The highest BCUT2D eigenvalue weighted by Gasteiger charge is 2.16. The van der Waals surface area contributed by atoms with E-state index in [4.69, 9.17) is 9.52 Å². The lowest BCUT2D eigenvalue weighted by Crippen LogP contribution is -2.11. The van der Waals surface area contributed by atoms with Gasteiger partial charge >= 0.3 is 5.97 Å². The van der Waals surface area contributed by atoms with Crippen LogP contribution in [-0.2, 0) is 16.6 Å². The number of aryl methyl sites for hydroxylation is 1. The molecule has 0 spiro atoms. The summed E-state index contributed by atoms with van der Waals surface area (Å²) in [5.41, 5.74) is 3.74. The van der Waals surface area contributed by atoms with Crippen LogP contribution in [0.2, 0.25) is 0 Å². The largest absolute Gasteiger partial charge is 0.481 e. The van der Waals surface area contributed by atoms with Crippen LogP contribution in [0.25, 0.3) is 11.5 Å². The topological polar surface area (TPSA) is 63.3 Å². The summed E-state index contributed by atoms with van der Waals surface area (Å²) in [6.45, 7) is 8.50. The summed E-state index contributed by atoms with van der Waals surface area (Å²) in [6.07, 6.45) is 1.28. The van der Waals surface area contributed by atoms with Crippen molar-refractivity contribution in [2.75, 3.05) is 0 Å². The first-order valence-corrected chi connectivity index (χ1v) is 6.55. The van der Waals surface area contributed by atoms with Crippen LogP contribution in [0, 0.1) is 6.92 Å². The van der Waals surface area contributed by atoms with Gasteiger partial charge in [0.2, 0.25) is 5.89 Å². The number of aliphatic carboxylic acids is 1. The highest BCUT2D eigenvalue weighted by molar-refractivity contribution is 5.70. The number of carboxylic acid groups (broad SMARTS) is 1. The SMILES string of the molecule is Cc1cc(C(C)(C)C)ccc1-c1nc(CC(=O)O)co1. The fourth-order valence-corrected chi connectivity index (χ4v) is 2.04. The number of oxazole rings is 1. The average molecular weight is 273 g/mol. The Kier molecular flexibility index (Phi) is 3.66. The number of benzene rings is 1. The number of aromatic nitrogens is 1. The van der Waals surface area contributed by atoms with Crippen molar-refractivity contribution in [3.8, 4) is 11.5 Å². The Morgan fingerprint density at radius 2 is 2.05 bits per heavy atom. The van der Waals surface area contributed by atoms with Crippen LogP contribution in [-0.4, -0.2) is 16.1 Å². The first-order chi connectivity index (χ1) is 9.27. The number of carbonyl (C=O) groups is 1. The highest BCUT2D eigenvalue weighted by Crippen LogP contribution is 2.29. The van der Waals surface area contributed by atoms with Crippen molar-refractivity contribution >= 4 is 5.97 Å². The lowest BCUT2D eigenvalue weighted by Gasteiger charge is -2.20. The van der Waals surface area contributed by atoms with Gasteiger partial charge in [-0.1, -0.05) is 32.9 Å². The zero-order valence-electron chi connectivity index (χ0n) is 12.2. The standard InChI is InChI=1S/C16H19NO3/c1-10-7-11(16(2,3)4)5-6-13(10)15-17-12(9-20-15)8-14(18)19/h5-7,9H,8H2,1-4H3,(H,18,19). The van der Waals surface area contributed by atoms with Crippen LogP contribution in [0.3, 0.4) is 0 Å². The number of rotatable bonds is 3. The minimum Gasteiger partial charge on any atom is -0.481 e. The van der Waals surface area contributed by atoms with Gasteiger partial charge in [-0.25, -0.2) is 4.98 Å². The lowest BCUT2D eigenvalue weighted by molar-refractivity contribution is -0.136. The Hall–Kier alpha value is -2.10. The molecule has 4 heteroatoms. The number of carboxylic acids is 1. The van der Waals surface area contributed by atoms with E-state index >= 15 is 0 Å². The Bertz CT molecular complexity index is 635. The van der Waals surface area contributed by atoms with Gasteiger partial charge in [0, 0.05) is 5.56 Å². The molecule has 1 aromatic carbocycles. The predicted molar refractivity (Wildman–Crippen MR) is 76.7 cm³/mol. The summed E-state index contributed by atoms with van der Waals surface area (Å²) in [5.74, 6) is -0.441. The van der Waals surface area contributed by atoms with E-state index in [0.29, 0.717) is 11.6 Å². The van der Waals surface area contributed by atoms with E-state index < -0.39 is 5.97 Å². The summed E-state index contributed by atoms with van der Waals surface area (Å²) in [5, 5.41) is 8.75. The van der Waals surface area contributed by atoms with Crippen LogP contribution in [0.1, 0.15) is 37.6 Å². The third-order valence-electron chi connectivity index (χ3n) is 3.21. The molecule has 4 nitrogen and oxygen atoms in total. The normalized spacial score (nSPS) is 11.6. The Balaban J connectivity index is 2.34. The molecule has 1 heterocycles. The Morgan fingerprint density at radius 1 is 1.35 bits per heavy atom. The molecule has 106 valence electrons. The van der Waals surface area contributed by atoms with E-state index in [1.807, 2.05) is 13.0 Å². The first-order valence-electron chi connectivity index (χ1n) is 6.55. The second-order valence-corrected chi connectivity index (χ2v) is 5.99. The summed E-state index contributed by atoms with van der Waals surface area (Å²) >= 11 is 0. The molecule has 0 aliphatic heterocycles. The minimum absolute atomic E-state index is 0.0916. The molecule has 0 aliphatic carbocycles. The molecule has 0 unspecified atom stereocenters. The maximum Gasteiger partial charge on any atom is 0.309 e. The maximum atomic E-state index is 10.7. The molecule has 0 saturated carbocycles. The van der Waals surface area contributed by atoms with Crippen LogP contribution in [0.4, 0.5) is 0 Å². The molecule has 2 rings (SSSR count). The van der Waals surface area contributed by atoms with E-state index in [9.17, 15) is 4.79 Å². The minimum atomic E-state index is -0.912. The van der Waals surface area contributed by atoms with Gasteiger partial charge in [0.25, 0.3) is 0 Å². The zero-order valence-corrected chi connectivity index (χ0v) is 12.2. The van der Waals surface area contributed by atoms with Crippen molar-refractivity contribution in [2.24, 2.45) is 0 Å². The van der Waals surface area contributed by atoms with Crippen molar-refractivity contribution in [1.29, 1.82) is 0 Å². The molecule has 0 amide bonds. The zero-order chi connectivity index (χ0) is 14.9. The molecular formula is C16H19NO3. The fraction of sp³-hybridized carbons (Fsp3) is 0.375. The van der Waals surface area contributed by atoms with E-state index in [1.165, 1.54) is 11.8 Å². The van der Waals surface area contributed by atoms with Crippen molar-refractivity contribution in [2.45, 2.75) is 39.5 Å². The smallest absolute Gasteiger partial charge is 0.309 e. The number of hydrogen-bond donors (Lipinski definition) is 1. The van der Waals surface area contributed by atoms with Crippen LogP contribution >= 0.6 is 0 Å². The van der Waals surface area contributed by atoms with Crippen LogP contribution in [0.15, 0.2) is 28.9 Å². The summed E-state index contributed by atoms with van der Waals surface area (Å²) < 4.78 is 5.38. The average Bonchev–Trinajstić information content (AvgIpc) is 2.75. The molecule has 0 aliphatic rings. The van der Waals surface area contributed by atoms with E-state index in [0.717, 1.165) is 11.1 Å². The summed E-state index contributed by atoms with van der Waals surface area (Å²) in [6, 6.07) is 6.16. The van der Waals surface area contributed by atoms with Crippen LogP contribution in [0.5, 0.6) is 0 Å². The number of hydrogen-bond acceptors (Lipinski definition) is 3. The first kappa shape index (κ1) is 14.3. The molecular weight excluding hydrogens is 254 g/mol. The molecule has 20 heavy (non-hydrogen) atoms. The number of nitrogens with zero attached hydrogens (tertiary/aromatic N) is 1. The van der Waals surface area contributed by atoms with Gasteiger partial charge in [0.15, 0.2) is 0 Å². The molecule has 1 N–H and O–H groups in total. The summed E-state index contributed by atoms with van der Waals surface area (Å²) in [7, 11) is 0. The van der Waals surface area contributed by atoms with E-state index in [2.05, 4.69) is 37.9 Å². The van der Waals surface area contributed by atoms with Gasteiger partial charge in [0.05, 0.1) is 12.1 Å². The van der Waals surface area contributed by atoms with Gasteiger partial charge in [-0.15, -0.1) is 0 Å². The fourth-order valence-electron chi connectivity index (χ4n) is 2.04. The quantitative estimate of drug-likeness (QED) is 0.928. The van der Waals surface area contributed by atoms with E-state index in [1.54, 1.807) is 0 Å². The third kappa shape index (κ3) is 3.07. The molecule has 1 aromatic heterocycles. The highest BCUT2D eigenvalue weighted by atomic mass is 16.4. The Labute approximate surface area is 118 Å². The van der Waals surface area contributed by atoms with E-state index in [-0.39, 0.29) is 11.8 Å². The van der Waals surface area contributed by atoms with Crippen LogP contribution < -0.4 is 0 Å². The lowest BCUT2D eigenvalue weighted by atomic mass is 9.85.